The third-order valence-corrected chi connectivity index (χ3v) is 7.43. The molecule has 2 aliphatic rings. The van der Waals surface area contributed by atoms with Gasteiger partial charge in [-0.25, -0.2) is 0 Å². The Labute approximate surface area is 233 Å². The fraction of sp³-hybridized carbons (Fsp3) is 0.387. The van der Waals surface area contributed by atoms with Gasteiger partial charge in [-0.15, -0.1) is 24.8 Å². The Balaban J connectivity index is 0.00000190. The van der Waals surface area contributed by atoms with Gasteiger partial charge in [-0.2, -0.15) is 0 Å². The second-order valence-electron chi connectivity index (χ2n) is 10.0. The minimum Gasteiger partial charge on any atom is -0.492 e. The molecule has 0 bridgehead atoms. The van der Waals surface area contributed by atoms with Crippen LogP contribution >= 0.6 is 24.8 Å². The molecule has 37 heavy (non-hydrogen) atoms. The minimum atomic E-state index is 0. The molecule has 0 spiro atoms. The van der Waals surface area contributed by atoms with Gasteiger partial charge in [0, 0.05) is 43.7 Å². The average Bonchev–Trinajstić information content (AvgIpc) is 3.10. The van der Waals surface area contributed by atoms with Gasteiger partial charge in [-0.3, -0.25) is 14.6 Å². The fourth-order valence-corrected chi connectivity index (χ4v) is 5.35. The van der Waals surface area contributed by atoms with Gasteiger partial charge in [0.25, 0.3) is 0 Å². The van der Waals surface area contributed by atoms with Gasteiger partial charge in [0.15, 0.2) is 5.78 Å². The number of nitrogens with zero attached hydrogens (tertiary/aromatic N) is 2. The van der Waals surface area contributed by atoms with Gasteiger partial charge in [0.1, 0.15) is 12.4 Å². The number of carbonyl (C=O) groups is 1. The molecule has 2 heterocycles. The van der Waals surface area contributed by atoms with E-state index >= 15 is 0 Å². The van der Waals surface area contributed by atoms with Crippen LogP contribution in [-0.2, 0) is 19.6 Å². The molecule has 198 valence electrons. The van der Waals surface area contributed by atoms with E-state index in [-0.39, 0.29) is 30.6 Å². The van der Waals surface area contributed by atoms with Crippen LogP contribution in [0.25, 0.3) is 0 Å². The fourth-order valence-electron chi connectivity index (χ4n) is 5.35. The summed E-state index contributed by atoms with van der Waals surface area (Å²) in [6.45, 7) is 6.55. The van der Waals surface area contributed by atoms with Crippen molar-refractivity contribution < 1.29 is 9.53 Å². The maximum absolute atomic E-state index is 13.1. The van der Waals surface area contributed by atoms with Crippen molar-refractivity contribution in [2.24, 2.45) is 5.92 Å². The SMILES string of the molecule is Cl.Cl.O=C(CCC1CCN(Cc2ccccc2)CC1)c1ccc2c(c1)CN(Cc1ccccc1)CCO2. The van der Waals surface area contributed by atoms with Crippen LogP contribution in [0.2, 0.25) is 0 Å². The second-order valence-corrected chi connectivity index (χ2v) is 10.0. The summed E-state index contributed by atoms with van der Waals surface area (Å²) in [6, 6.07) is 27.3. The molecule has 1 saturated heterocycles. The van der Waals surface area contributed by atoms with Crippen LogP contribution in [0.15, 0.2) is 78.9 Å². The number of hydrogen-bond donors (Lipinski definition) is 0. The van der Waals surface area contributed by atoms with Crippen LogP contribution in [0.4, 0.5) is 0 Å². The normalized spacial score (nSPS) is 16.4. The Hall–Kier alpha value is -2.37. The largest absolute Gasteiger partial charge is 0.492 e. The lowest BCUT2D eigenvalue weighted by molar-refractivity contribution is 0.0961. The number of likely N-dealkylation sites (tertiary alicyclic amines) is 1. The third kappa shape index (κ3) is 8.31. The van der Waals surface area contributed by atoms with Gasteiger partial charge in [-0.05, 0) is 67.6 Å². The van der Waals surface area contributed by atoms with E-state index in [1.807, 2.05) is 12.1 Å². The molecule has 0 radical (unpaired) electrons. The van der Waals surface area contributed by atoms with Crippen molar-refractivity contribution in [2.45, 2.75) is 45.3 Å². The first-order valence-electron chi connectivity index (χ1n) is 13.0. The monoisotopic (exact) mass is 540 g/mol. The number of hydrogen-bond acceptors (Lipinski definition) is 4. The molecule has 0 aromatic heterocycles. The summed E-state index contributed by atoms with van der Waals surface area (Å²) in [7, 11) is 0. The number of Topliss-reactive ketones (excluding diaryl/α,β-unsaturated/α-hetero) is 1. The van der Waals surface area contributed by atoms with E-state index in [0.717, 1.165) is 62.6 Å². The molecular weight excluding hydrogens is 503 g/mol. The van der Waals surface area contributed by atoms with Gasteiger partial charge in [-0.1, -0.05) is 60.7 Å². The second kappa shape index (κ2) is 14.5. The summed E-state index contributed by atoms with van der Waals surface area (Å²) in [5.74, 6) is 1.83. The maximum atomic E-state index is 13.1. The van der Waals surface area contributed by atoms with Gasteiger partial charge >= 0.3 is 0 Å². The first-order valence-corrected chi connectivity index (χ1v) is 13.0. The quantitative estimate of drug-likeness (QED) is 0.294. The smallest absolute Gasteiger partial charge is 0.162 e. The topological polar surface area (TPSA) is 32.8 Å². The zero-order valence-electron chi connectivity index (χ0n) is 21.4. The highest BCUT2D eigenvalue weighted by Crippen LogP contribution is 2.28. The molecule has 3 aromatic rings. The van der Waals surface area contributed by atoms with Crippen LogP contribution in [0.1, 0.15) is 52.7 Å². The van der Waals surface area contributed by atoms with Crippen LogP contribution < -0.4 is 4.74 Å². The zero-order chi connectivity index (χ0) is 23.9. The van der Waals surface area contributed by atoms with E-state index in [1.165, 1.54) is 24.0 Å². The third-order valence-electron chi connectivity index (χ3n) is 7.43. The summed E-state index contributed by atoms with van der Waals surface area (Å²) < 4.78 is 6.00. The lowest BCUT2D eigenvalue weighted by atomic mass is 9.90. The molecule has 3 aromatic carbocycles. The molecule has 0 N–H and O–H groups in total. The van der Waals surface area contributed by atoms with E-state index in [1.54, 1.807) is 0 Å². The van der Waals surface area contributed by atoms with Crippen molar-refractivity contribution in [1.82, 2.24) is 9.80 Å². The summed E-state index contributed by atoms with van der Waals surface area (Å²) in [5.41, 5.74) is 4.64. The molecule has 6 heteroatoms. The highest BCUT2D eigenvalue weighted by atomic mass is 35.5. The zero-order valence-corrected chi connectivity index (χ0v) is 23.0. The lowest BCUT2D eigenvalue weighted by Crippen LogP contribution is -2.33. The van der Waals surface area contributed by atoms with E-state index in [0.29, 0.717) is 18.9 Å². The molecule has 0 saturated carbocycles. The molecule has 4 nitrogen and oxygen atoms in total. The first kappa shape index (κ1) is 29.2. The first-order chi connectivity index (χ1) is 17.2. The molecule has 2 aliphatic heterocycles. The summed E-state index contributed by atoms with van der Waals surface area (Å²) in [6.07, 6.45) is 4.00. The van der Waals surface area contributed by atoms with Crippen LogP contribution in [0, 0.1) is 5.92 Å². The molecule has 0 aliphatic carbocycles. The van der Waals surface area contributed by atoms with Gasteiger partial charge < -0.3 is 4.74 Å². The number of carbonyl (C=O) groups excluding carboxylic acids is 1. The van der Waals surface area contributed by atoms with Crippen LogP contribution in [0.5, 0.6) is 5.75 Å². The molecule has 5 rings (SSSR count). The Morgan fingerprint density at radius 3 is 2.05 bits per heavy atom. The Bertz CT molecular complexity index is 1100. The number of rotatable bonds is 8. The van der Waals surface area contributed by atoms with Gasteiger partial charge in [0.2, 0.25) is 0 Å². The van der Waals surface area contributed by atoms with E-state index in [4.69, 9.17) is 4.74 Å². The number of benzene rings is 3. The van der Waals surface area contributed by atoms with E-state index in [9.17, 15) is 4.79 Å². The molecular formula is C31H38Cl2N2O2. The van der Waals surface area contributed by atoms with Crippen molar-refractivity contribution in [3.63, 3.8) is 0 Å². The van der Waals surface area contributed by atoms with Crippen molar-refractivity contribution in [3.05, 3.63) is 101 Å². The lowest BCUT2D eigenvalue weighted by Gasteiger charge is -2.32. The standard InChI is InChI=1S/C31H36N2O2.2ClH/c34-30(13-11-25-15-17-32(18-16-25)22-26-7-3-1-4-8-26)28-12-14-31-29(21-28)24-33(19-20-35-31)23-27-9-5-2-6-10-27;;/h1-10,12,14,21,25H,11,13,15-20,22-24H2;2*1H. The number of halogens is 2. The number of fused-ring (bicyclic) bond motifs is 1. The number of ether oxygens (including phenoxy) is 1. The van der Waals surface area contributed by atoms with Gasteiger partial charge in [0.05, 0.1) is 0 Å². The maximum Gasteiger partial charge on any atom is 0.162 e. The predicted molar refractivity (Wildman–Crippen MR) is 155 cm³/mol. The highest BCUT2D eigenvalue weighted by Gasteiger charge is 2.21. The molecule has 1 fully saturated rings. The number of piperidine rings is 1. The molecule has 0 amide bonds. The summed E-state index contributed by atoms with van der Waals surface area (Å²) >= 11 is 0. The van der Waals surface area contributed by atoms with Crippen molar-refractivity contribution in [2.75, 3.05) is 26.2 Å². The molecule has 0 atom stereocenters. The Morgan fingerprint density at radius 1 is 0.784 bits per heavy atom. The molecule has 0 unspecified atom stereocenters. The Kier molecular flexibility index (Phi) is 11.5. The Morgan fingerprint density at radius 2 is 1.41 bits per heavy atom. The van der Waals surface area contributed by atoms with E-state index < -0.39 is 0 Å². The van der Waals surface area contributed by atoms with Crippen LogP contribution in [0.3, 0.4) is 0 Å². The minimum absolute atomic E-state index is 0. The summed E-state index contributed by atoms with van der Waals surface area (Å²) in [4.78, 5) is 18.0. The van der Waals surface area contributed by atoms with Crippen molar-refractivity contribution in [1.29, 1.82) is 0 Å². The van der Waals surface area contributed by atoms with Crippen molar-refractivity contribution in [3.8, 4) is 5.75 Å². The average molecular weight is 542 g/mol. The van der Waals surface area contributed by atoms with Crippen molar-refractivity contribution >= 4 is 30.6 Å². The summed E-state index contributed by atoms with van der Waals surface area (Å²) in [5, 5.41) is 0. The van der Waals surface area contributed by atoms with Crippen LogP contribution in [-0.4, -0.2) is 41.8 Å². The highest BCUT2D eigenvalue weighted by molar-refractivity contribution is 5.96. The van der Waals surface area contributed by atoms with E-state index in [2.05, 4.69) is 76.5 Å². The predicted octanol–water partition coefficient (Wildman–Crippen LogP) is 6.80. The number of ketones is 1.